The highest BCUT2D eigenvalue weighted by molar-refractivity contribution is 9.10. The van der Waals surface area contributed by atoms with Gasteiger partial charge in [-0.2, -0.15) is 5.10 Å². The summed E-state index contributed by atoms with van der Waals surface area (Å²) >= 11 is 3.41. The Hall–Kier alpha value is -2.87. The topological polar surface area (TPSA) is 67.2 Å². The lowest BCUT2D eigenvalue weighted by molar-refractivity contribution is -0.129. The number of anilines is 1. The van der Waals surface area contributed by atoms with E-state index in [0.29, 0.717) is 12.2 Å². The highest BCUT2D eigenvalue weighted by atomic mass is 79.9. The fourth-order valence-electron chi connectivity index (χ4n) is 3.14. The van der Waals surface area contributed by atoms with Gasteiger partial charge in [0.25, 0.3) is 0 Å². The summed E-state index contributed by atoms with van der Waals surface area (Å²) in [6, 6.07) is 10.8. The van der Waals surface area contributed by atoms with Crippen molar-refractivity contribution in [2.75, 3.05) is 18.6 Å². The summed E-state index contributed by atoms with van der Waals surface area (Å²) in [5, 5.41) is 4.31. The Balaban J connectivity index is 1.61. The first kappa shape index (κ1) is 17.5. The molecule has 3 aromatic rings. The maximum Gasteiger partial charge on any atom is 0.331 e. The lowest BCUT2D eigenvalue weighted by Gasteiger charge is -2.33. The molecule has 0 saturated carbocycles. The van der Waals surface area contributed by atoms with E-state index in [0.717, 1.165) is 21.3 Å². The number of pyridine rings is 1. The normalized spacial score (nSPS) is 14.9. The molecule has 3 amide bonds. The zero-order valence-corrected chi connectivity index (χ0v) is 16.2. The van der Waals surface area contributed by atoms with Crippen LogP contribution < -0.4 is 9.64 Å². The lowest BCUT2D eigenvalue weighted by atomic mass is 10.1. The second kappa shape index (κ2) is 7.03. The van der Waals surface area contributed by atoms with Crippen LogP contribution in [-0.2, 0) is 11.3 Å². The first-order valence-electron chi connectivity index (χ1n) is 8.44. The van der Waals surface area contributed by atoms with Crippen molar-refractivity contribution < 1.29 is 14.3 Å². The van der Waals surface area contributed by atoms with Crippen LogP contribution in [0, 0.1) is 0 Å². The van der Waals surface area contributed by atoms with Gasteiger partial charge in [-0.15, -0.1) is 0 Å². The van der Waals surface area contributed by atoms with E-state index in [1.807, 2.05) is 42.6 Å². The van der Waals surface area contributed by atoms with Crippen LogP contribution in [-0.4, -0.2) is 40.1 Å². The maximum atomic E-state index is 13.0. The van der Waals surface area contributed by atoms with Crippen LogP contribution in [0.3, 0.4) is 0 Å². The third-order valence-corrected chi connectivity index (χ3v) is 5.03. The van der Waals surface area contributed by atoms with Crippen molar-refractivity contribution >= 4 is 39.1 Å². The number of hydrogen-bond acceptors (Lipinski definition) is 4. The number of urea groups is 1. The molecule has 0 radical (unpaired) electrons. The number of carbonyl (C=O) groups is 2. The number of rotatable bonds is 4. The van der Waals surface area contributed by atoms with E-state index in [1.165, 1.54) is 4.90 Å². The van der Waals surface area contributed by atoms with Gasteiger partial charge < -0.3 is 4.74 Å². The number of ether oxygens (including phenoxy) is 1. The molecule has 0 bridgehead atoms. The van der Waals surface area contributed by atoms with Gasteiger partial charge in [0.15, 0.2) is 0 Å². The quantitative estimate of drug-likeness (QED) is 0.637. The van der Waals surface area contributed by atoms with Gasteiger partial charge in [0.2, 0.25) is 5.91 Å². The summed E-state index contributed by atoms with van der Waals surface area (Å²) < 4.78 is 7.75. The molecule has 4 rings (SSSR count). The lowest BCUT2D eigenvalue weighted by Crippen LogP contribution is -2.52. The molecule has 0 unspecified atom stereocenters. The highest BCUT2D eigenvalue weighted by Crippen LogP contribution is 2.27. The van der Waals surface area contributed by atoms with E-state index in [4.69, 9.17) is 4.74 Å². The van der Waals surface area contributed by atoms with E-state index in [1.54, 1.807) is 22.7 Å². The average Bonchev–Trinajstić information content (AvgIpc) is 3.08. The van der Waals surface area contributed by atoms with Gasteiger partial charge in [-0.3, -0.25) is 14.6 Å². The van der Waals surface area contributed by atoms with Crippen LogP contribution in [0.1, 0.15) is 12.0 Å². The summed E-state index contributed by atoms with van der Waals surface area (Å²) in [7, 11) is 1.60. The number of methoxy groups -OCH3 is 1. The Morgan fingerprint density at radius 2 is 1.93 bits per heavy atom. The summed E-state index contributed by atoms with van der Waals surface area (Å²) in [6.07, 6.45) is 3.75. The van der Waals surface area contributed by atoms with E-state index in [2.05, 4.69) is 21.0 Å². The second-order valence-corrected chi connectivity index (χ2v) is 7.13. The molecule has 1 saturated heterocycles. The molecule has 3 heterocycles. The van der Waals surface area contributed by atoms with Crippen LogP contribution in [0.5, 0.6) is 5.75 Å². The molecule has 1 fully saturated rings. The van der Waals surface area contributed by atoms with Gasteiger partial charge in [0.05, 0.1) is 31.1 Å². The molecule has 138 valence electrons. The smallest absolute Gasteiger partial charge is 0.331 e. The van der Waals surface area contributed by atoms with Crippen LogP contribution >= 0.6 is 15.9 Å². The molecule has 27 heavy (non-hydrogen) atoms. The number of imide groups is 1. The molecule has 7 nitrogen and oxygen atoms in total. The van der Waals surface area contributed by atoms with Crippen molar-refractivity contribution in [1.29, 1.82) is 0 Å². The van der Waals surface area contributed by atoms with Crippen LogP contribution in [0.2, 0.25) is 0 Å². The van der Waals surface area contributed by atoms with Gasteiger partial charge in [-0.25, -0.2) is 9.31 Å². The fourth-order valence-corrected chi connectivity index (χ4v) is 3.46. The van der Waals surface area contributed by atoms with Crippen molar-refractivity contribution in [3.8, 4) is 5.75 Å². The van der Waals surface area contributed by atoms with E-state index in [-0.39, 0.29) is 24.9 Å². The minimum atomic E-state index is -0.333. The highest BCUT2D eigenvalue weighted by Gasteiger charge is 2.34. The molecule has 0 aliphatic carbocycles. The van der Waals surface area contributed by atoms with E-state index < -0.39 is 0 Å². The maximum absolute atomic E-state index is 13.0. The minimum Gasteiger partial charge on any atom is -0.497 e. The predicted octanol–water partition coefficient (Wildman–Crippen LogP) is 3.46. The molecule has 1 aromatic carbocycles. The van der Waals surface area contributed by atoms with E-state index in [9.17, 15) is 9.59 Å². The number of aromatic nitrogens is 2. The third kappa shape index (κ3) is 3.28. The Morgan fingerprint density at radius 1 is 1.15 bits per heavy atom. The molecule has 0 spiro atoms. The van der Waals surface area contributed by atoms with Crippen molar-refractivity contribution in [3.63, 3.8) is 0 Å². The van der Waals surface area contributed by atoms with Gasteiger partial charge >= 0.3 is 6.03 Å². The Morgan fingerprint density at radius 3 is 2.67 bits per heavy atom. The zero-order chi connectivity index (χ0) is 19.0. The predicted molar refractivity (Wildman–Crippen MR) is 104 cm³/mol. The third-order valence-electron chi connectivity index (χ3n) is 4.56. The van der Waals surface area contributed by atoms with Gasteiger partial charge in [0.1, 0.15) is 5.75 Å². The van der Waals surface area contributed by atoms with Gasteiger partial charge in [-0.05, 0) is 45.8 Å². The molecular formula is C19H17BrN4O3. The van der Waals surface area contributed by atoms with Crippen molar-refractivity contribution in [1.82, 2.24) is 14.5 Å². The largest absolute Gasteiger partial charge is 0.497 e. The number of benzene rings is 1. The molecule has 8 heteroatoms. The Labute approximate surface area is 164 Å². The van der Waals surface area contributed by atoms with Gasteiger partial charge in [0, 0.05) is 23.6 Å². The van der Waals surface area contributed by atoms with E-state index >= 15 is 0 Å². The van der Waals surface area contributed by atoms with Crippen LogP contribution in [0.15, 0.2) is 53.3 Å². The Bertz CT molecular complexity index is 1020. The molecule has 1 aliphatic rings. The summed E-state index contributed by atoms with van der Waals surface area (Å²) in [4.78, 5) is 28.3. The fraction of sp³-hybridized carbons (Fsp3) is 0.211. The average molecular weight is 429 g/mol. The summed E-state index contributed by atoms with van der Waals surface area (Å²) in [6.45, 7) is 0.567. The summed E-state index contributed by atoms with van der Waals surface area (Å²) in [5.41, 5.74) is 2.37. The number of fused-ring (bicyclic) bond motifs is 1. The molecular weight excluding hydrogens is 412 g/mol. The van der Waals surface area contributed by atoms with Crippen molar-refractivity contribution in [2.45, 2.75) is 13.0 Å². The molecule has 0 N–H and O–H groups in total. The number of carbonyl (C=O) groups excluding carboxylic acids is 2. The molecule has 1 aliphatic heterocycles. The van der Waals surface area contributed by atoms with Crippen LogP contribution in [0.4, 0.5) is 10.5 Å². The molecule has 0 atom stereocenters. The van der Waals surface area contributed by atoms with Crippen molar-refractivity contribution in [2.24, 2.45) is 0 Å². The number of amides is 3. The monoisotopic (exact) mass is 428 g/mol. The summed E-state index contributed by atoms with van der Waals surface area (Å²) in [5.74, 6) is 0.556. The number of hydrogen-bond donors (Lipinski definition) is 0. The Kier molecular flexibility index (Phi) is 4.57. The SMILES string of the molecule is COc1ccc(CN2C(=O)CCN(c3cnn4cc(Br)ccc34)C2=O)cc1. The zero-order valence-electron chi connectivity index (χ0n) is 14.6. The standard InChI is InChI=1S/C19H17BrN4O3/c1-27-15-5-2-13(3-6-15)11-23-18(25)8-9-22(19(23)26)17-10-21-24-12-14(20)4-7-16(17)24/h2-7,10,12H,8-9,11H2,1H3. The minimum absolute atomic E-state index is 0.175. The first-order chi connectivity index (χ1) is 13.1. The van der Waals surface area contributed by atoms with Crippen LogP contribution in [0.25, 0.3) is 5.52 Å². The second-order valence-electron chi connectivity index (χ2n) is 6.22. The van der Waals surface area contributed by atoms with Crippen molar-refractivity contribution in [3.05, 3.63) is 58.8 Å². The first-order valence-corrected chi connectivity index (χ1v) is 9.24. The van der Waals surface area contributed by atoms with Gasteiger partial charge in [-0.1, -0.05) is 12.1 Å². The molecule has 2 aromatic heterocycles. The number of nitrogens with zero attached hydrogens (tertiary/aromatic N) is 4. The number of halogens is 1.